The zero-order chi connectivity index (χ0) is 59.9. The maximum atomic E-state index is 12.9. The Morgan fingerprint density at radius 2 is 0.482 bits per heavy atom. The molecule has 0 aliphatic rings. The van der Waals surface area contributed by atoms with Gasteiger partial charge in [0, 0.05) is 19.3 Å². The summed E-state index contributed by atoms with van der Waals surface area (Å²) in [5.74, 6) is -0.960. The summed E-state index contributed by atoms with van der Waals surface area (Å²) in [6.45, 7) is 6.36. The van der Waals surface area contributed by atoms with Gasteiger partial charge in [-0.2, -0.15) is 0 Å². The molecule has 0 aromatic heterocycles. The summed E-state index contributed by atoms with van der Waals surface area (Å²) in [5, 5.41) is 0. The van der Waals surface area contributed by atoms with E-state index in [9.17, 15) is 14.4 Å². The van der Waals surface area contributed by atoms with E-state index in [4.69, 9.17) is 14.2 Å². The van der Waals surface area contributed by atoms with E-state index in [1.807, 2.05) is 0 Å². The predicted molar refractivity (Wildman–Crippen MR) is 362 cm³/mol. The quantitative estimate of drug-likeness (QED) is 0.0261. The maximum Gasteiger partial charge on any atom is 0.306 e. The monoisotopic (exact) mass is 1150 g/mol. The molecule has 0 aliphatic heterocycles. The Kier molecular flexibility index (Phi) is 65.8. The first-order valence-electron chi connectivity index (χ1n) is 34.3. The lowest BCUT2D eigenvalue weighted by Gasteiger charge is -2.18. The highest BCUT2D eigenvalue weighted by Crippen LogP contribution is 2.16. The number of rotatable bonds is 61. The molecule has 0 saturated carbocycles. The first-order chi connectivity index (χ1) is 41.0. The van der Waals surface area contributed by atoms with Crippen molar-refractivity contribution < 1.29 is 28.6 Å². The molecule has 0 aromatic rings. The summed E-state index contributed by atoms with van der Waals surface area (Å²) in [7, 11) is 0. The number of unbranched alkanes of at least 4 members (excludes halogenated alkanes) is 26. The van der Waals surface area contributed by atoms with E-state index in [1.165, 1.54) is 135 Å². The smallest absolute Gasteiger partial charge is 0.306 e. The first kappa shape index (κ1) is 78.3. The Morgan fingerprint density at radius 3 is 0.771 bits per heavy atom. The number of esters is 3. The highest BCUT2D eigenvalue weighted by molar-refractivity contribution is 5.71. The van der Waals surface area contributed by atoms with Crippen molar-refractivity contribution in [3.05, 3.63) is 146 Å². The SMILES string of the molecule is CC/C=C\C/C=C\C/C=C\C/C=C\C/C=C\C/C=C\C/C=C\CCCC(=O)OC(COC(=O)CCCCCCCCCCC)COC(=O)CCCCCCCCCCCCCCCCCCC/C=C\C/C=C\C/C=C\C/C=C\C/C=C\CC. The molecule has 0 fully saturated rings. The average molecular weight is 1150 g/mol. The van der Waals surface area contributed by atoms with E-state index >= 15 is 0 Å². The van der Waals surface area contributed by atoms with Gasteiger partial charge in [0.25, 0.3) is 0 Å². The minimum Gasteiger partial charge on any atom is -0.462 e. The van der Waals surface area contributed by atoms with Crippen LogP contribution in [0.15, 0.2) is 146 Å². The molecule has 0 saturated heterocycles. The van der Waals surface area contributed by atoms with Crippen molar-refractivity contribution in [3.63, 3.8) is 0 Å². The van der Waals surface area contributed by atoms with Crippen LogP contribution >= 0.6 is 0 Å². The molecule has 0 bridgehead atoms. The first-order valence-corrected chi connectivity index (χ1v) is 34.3. The van der Waals surface area contributed by atoms with Crippen LogP contribution in [0.25, 0.3) is 0 Å². The van der Waals surface area contributed by atoms with Gasteiger partial charge in [-0.3, -0.25) is 14.4 Å². The minimum atomic E-state index is -0.811. The van der Waals surface area contributed by atoms with Crippen molar-refractivity contribution in [1.29, 1.82) is 0 Å². The molecule has 1 unspecified atom stereocenters. The van der Waals surface area contributed by atoms with Gasteiger partial charge in [-0.05, 0) is 116 Å². The zero-order valence-corrected chi connectivity index (χ0v) is 53.9. The van der Waals surface area contributed by atoms with Crippen molar-refractivity contribution in [1.82, 2.24) is 0 Å². The van der Waals surface area contributed by atoms with Gasteiger partial charge in [-0.25, -0.2) is 0 Å². The molecule has 6 heteroatoms. The molecule has 0 aromatic carbocycles. The van der Waals surface area contributed by atoms with Crippen LogP contribution in [0, 0.1) is 0 Å². The second-order valence-electron chi connectivity index (χ2n) is 22.3. The molecule has 0 amide bonds. The maximum absolute atomic E-state index is 12.9. The highest BCUT2D eigenvalue weighted by atomic mass is 16.6. The molecule has 83 heavy (non-hydrogen) atoms. The molecule has 0 rings (SSSR count). The number of hydrogen-bond donors (Lipinski definition) is 0. The highest BCUT2D eigenvalue weighted by Gasteiger charge is 2.19. The molecule has 0 aliphatic carbocycles. The molecule has 0 heterocycles. The molecular weight excluding hydrogens is 1020 g/mol. The molecular formula is C77H126O6. The third kappa shape index (κ3) is 68.0. The molecule has 6 nitrogen and oxygen atoms in total. The van der Waals surface area contributed by atoms with Crippen LogP contribution < -0.4 is 0 Å². The Labute approximate surface area is 512 Å². The normalized spacial score (nSPS) is 13.0. The molecule has 470 valence electrons. The number of carbonyl (C=O) groups excluding carboxylic acids is 3. The van der Waals surface area contributed by atoms with Crippen LogP contribution in [0.3, 0.4) is 0 Å². The van der Waals surface area contributed by atoms with Crippen LogP contribution in [0.1, 0.15) is 303 Å². The average Bonchev–Trinajstić information content (AvgIpc) is 3.49. The van der Waals surface area contributed by atoms with Crippen LogP contribution in [-0.4, -0.2) is 37.2 Å². The summed E-state index contributed by atoms with van der Waals surface area (Å²) in [6, 6.07) is 0. The molecule has 0 radical (unpaired) electrons. The molecule has 1 atom stereocenters. The number of carbonyl (C=O) groups is 3. The van der Waals surface area contributed by atoms with Crippen LogP contribution in [0.2, 0.25) is 0 Å². The zero-order valence-electron chi connectivity index (χ0n) is 53.9. The number of allylic oxidation sites excluding steroid dienone is 24. The van der Waals surface area contributed by atoms with Crippen molar-refractivity contribution in [2.45, 2.75) is 309 Å². The topological polar surface area (TPSA) is 78.9 Å². The lowest BCUT2D eigenvalue weighted by Crippen LogP contribution is -2.30. The molecule has 0 N–H and O–H groups in total. The van der Waals surface area contributed by atoms with Crippen LogP contribution in [0.4, 0.5) is 0 Å². The van der Waals surface area contributed by atoms with Crippen molar-refractivity contribution in [2.24, 2.45) is 0 Å². The lowest BCUT2D eigenvalue weighted by atomic mass is 10.0. The summed E-state index contributed by atoms with van der Waals surface area (Å²) < 4.78 is 16.8. The summed E-state index contributed by atoms with van der Waals surface area (Å²) in [6.07, 6.45) is 100. The fourth-order valence-electron chi connectivity index (χ4n) is 9.28. The minimum absolute atomic E-state index is 0.102. The van der Waals surface area contributed by atoms with Crippen molar-refractivity contribution in [3.8, 4) is 0 Å². The van der Waals surface area contributed by atoms with Gasteiger partial charge in [-0.15, -0.1) is 0 Å². The van der Waals surface area contributed by atoms with Gasteiger partial charge in [0.05, 0.1) is 0 Å². The third-order valence-corrected chi connectivity index (χ3v) is 14.3. The van der Waals surface area contributed by atoms with Gasteiger partial charge >= 0.3 is 17.9 Å². The Balaban J connectivity index is 4.21. The van der Waals surface area contributed by atoms with Gasteiger partial charge in [-0.1, -0.05) is 314 Å². The number of ether oxygens (including phenoxy) is 3. The second-order valence-corrected chi connectivity index (χ2v) is 22.3. The molecule has 0 spiro atoms. The van der Waals surface area contributed by atoms with E-state index in [2.05, 4.69) is 167 Å². The van der Waals surface area contributed by atoms with E-state index < -0.39 is 6.10 Å². The van der Waals surface area contributed by atoms with Gasteiger partial charge < -0.3 is 14.2 Å². The van der Waals surface area contributed by atoms with E-state index in [-0.39, 0.29) is 37.5 Å². The summed E-state index contributed by atoms with van der Waals surface area (Å²) >= 11 is 0. The van der Waals surface area contributed by atoms with Crippen LogP contribution in [0.5, 0.6) is 0 Å². The van der Waals surface area contributed by atoms with Crippen LogP contribution in [-0.2, 0) is 28.6 Å². The largest absolute Gasteiger partial charge is 0.462 e. The van der Waals surface area contributed by atoms with E-state index in [1.54, 1.807) is 0 Å². The lowest BCUT2D eigenvalue weighted by molar-refractivity contribution is -0.167. The van der Waals surface area contributed by atoms with E-state index in [0.717, 1.165) is 122 Å². The fraction of sp³-hybridized carbons (Fsp3) is 0.649. The van der Waals surface area contributed by atoms with Gasteiger partial charge in [0.2, 0.25) is 0 Å². The van der Waals surface area contributed by atoms with Crippen molar-refractivity contribution >= 4 is 17.9 Å². The third-order valence-electron chi connectivity index (χ3n) is 14.3. The van der Waals surface area contributed by atoms with Gasteiger partial charge in [0.1, 0.15) is 13.2 Å². The summed E-state index contributed by atoms with van der Waals surface area (Å²) in [4.78, 5) is 38.2. The Morgan fingerprint density at radius 1 is 0.253 bits per heavy atom. The standard InChI is InChI=1S/C77H126O6/c1-4-7-10-13-16-19-21-23-25-27-29-31-33-34-35-36-37-38-39-40-41-42-44-45-47-49-51-53-55-58-61-64-67-70-76(79)82-73-74(72-81-75(78)69-66-63-60-57-18-15-12-9-6-3)83-77(80)71-68-65-62-59-56-54-52-50-48-46-43-32-30-28-26-24-22-20-17-14-11-8-5-2/h7-8,10-11,16-17,19-20,23-26,29-32,34-35,46,48,52,54,59,62,74H,4-6,9,12-15,18,21-22,27-28,33,36-45,47,49-51,53,55-58,60-61,63-73H2,1-3H3/b10-7-,11-8-,19-16-,20-17-,25-23-,26-24-,31-29-,32-30-,35-34-,48-46-,54-52-,62-59-. The number of hydrogen-bond acceptors (Lipinski definition) is 6. The van der Waals surface area contributed by atoms with E-state index in [0.29, 0.717) is 19.3 Å². The fourth-order valence-corrected chi connectivity index (χ4v) is 9.28. The predicted octanol–water partition coefficient (Wildman–Crippen LogP) is 23.9. The second kappa shape index (κ2) is 69.8. The van der Waals surface area contributed by atoms with Gasteiger partial charge in [0.15, 0.2) is 6.10 Å². The Hall–Kier alpha value is -4.71. The Bertz CT molecular complexity index is 1800. The summed E-state index contributed by atoms with van der Waals surface area (Å²) in [5.41, 5.74) is 0. The van der Waals surface area contributed by atoms with Crippen molar-refractivity contribution in [2.75, 3.05) is 13.2 Å².